The molecule has 1 aromatic carbocycles. The minimum absolute atomic E-state index is 0.300. The highest BCUT2D eigenvalue weighted by atomic mass is 35.5. The largest absolute Gasteiger partial charge is 0.493 e. The van der Waals surface area contributed by atoms with Crippen molar-refractivity contribution in [3.8, 4) is 17.1 Å². The van der Waals surface area contributed by atoms with E-state index in [0.29, 0.717) is 33.5 Å². The molecule has 3 aromatic rings. The number of aryl methyl sites for hydroxylation is 1. The topological polar surface area (TPSA) is 74.4 Å². The van der Waals surface area contributed by atoms with Gasteiger partial charge in [0.2, 0.25) is 0 Å². The maximum atomic E-state index is 6.38. The van der Waals surface area contributed by atoms with Crippen molar-refractivity contribution >= 4 is 28.4 Å². The van der Waals surface area contributed by atoms with E-state index in [-0.39, 0.29) is 0 Å². The first kappa shape index (κ1) is 11.9. The number of fused-ring (bicyclic) bond motifs is 1. The van der Waals surface area contributed by atoms with Crippen molar-refractivity contribution < 1.29 is 13.7 Å². The van der Waals surface area contributed by atoms with Crippen LogP contribution < -0.4 is 10.5 Å². The van der Waals surface area contributed by atoms with E-state index in [4.69, 9.17) is 31.0 Å². The molecule has 19 heavy (non-hydrogen) atoms. The zero-order valence-electron chi connectivity index (χ0n) is 10.4. The van der Waals surface area contributed by atoms with Crippen molar-refractivity contribution in [2.75, 3.05) is 12.8 Å². The van der Waals surface area contributed by atoms with Gasteiger partial charge in [-0.1, -0.05) is 16.8 Å². The third-order valence-electron chi connectivity index (χ3n) is 2.84. The highest BCUT2D eigenvalue weighted by Crippen LogP contribution is 2.41. The van der Waals surface area contributed by atoms with Gasteiger partial charge in [-0.05, 0) is 19.1 Å². The molecule has 2 aromatic heterocycles. The average molecular weight is 279 g/mol. The van der Waals surface area contributed by atoms with Crippen LogP contribution in [0.15, 0.2) is 27.1 Å². The second kappa shape index (κ2) is 4.20. The lowest BCUT2D eigenvalue weighted by Gasteiger charge is -2.06. The van der Waals surface area contributed by atoms with E-state index in [1.807, 2.05) is 13.0 Å². The summed E-state index contributed by atoms with van der Waals surface area (Å²) in [5.74, 6) is 2.12. The number of rotatable bonds is 2. The molecule has 0 unspecified atom stereocenters. The molecule has 0 fully saturated rings. The third-order valence-corrected chi connectivity index (χ3v) is 3.25. The van der Waals surface area contributed by atoms with Crippen LogP contribution in [0.1, 0.15) is 5.76 Å². The zero-order valence-corrected chi connectivity index (χ0v) is 11.1. The number of nitrogens with two attached hydrogens (primary N) is 1. The first-order valence-electron chi connectivity index (χ1n) is 5.59. The van der Waals surface area contributed by atoms with Gasteiger partial charge in [-0.2, -0.15) is 0 Å². The van der Waals surface area contributed by atoms with Crippen LogP contribution in [0.25, 0.3) is 22.3 Å². The molecule has 0 spiro atoms. The van der Waals surface area contributed by atoms with E-state index in [1.165, 1.54) is 0 Å². The Labute approximate surface area is 113 Å². The van der Waals surface area contributed by atoms with Gasteiger partial charge in [0.05, 0.1) is 12.1 Å². The molecule has 0 radical (unpaired) electrons. The summed E-state index contributed by atoms with van der Waals surface area (Å²) in [5.41, 5.74) is 6.83. The lowest BCUT2D eigenvalue weighted by Crippen LogP contribution is -1.86. The van der Waals surface area contributed by atoms with Crippen molar-refractivity contribution in [3.63, 3.8) is 0 Å². The van der Waals surface area contributed by atoms with Crippen LogP contribution in [-0.4, -0.2) is 12.3 Å². The first-order valence-corrected chi connectivity index (χ1v) is 5.97. The lowest BCUT2D eigenvalue weighted by atomic mass is 10.1. The van der Waals surface area contributed by atoms with Crippen LogP contribution >= 0.6 is 11.6 Å². The first-order chi connectivity index (χ1) is 9.10. The number of nitrogen functional groups attached to an aromatic ring is 1. The summed E-state index contributed by atoms with van der Waals surface area (Å²) >= 11 is 6.38. The monoisotopic (exact) mass is 278 g/mol. The van der Waals surface area contributed by atoms with Gasteiger partial charge in [-0.3, -0.25) is 0 Å². The Kier molecular flexibility index (Phi) is 2.64. The Balaban J connectivity index is 2.33. The Bertz CT molecular complexity index is 761. The molecule has 0 aliphatic heterocycles. The highest BCUT2D eigenvalue weighted by Gasteiger charge is 2.18. The standard InChI is InChI=1S/C13H11ClN2O3/c1-6-3-8-12(14)7(9-5-11(15)16-19-9)4-10(17-2)13(8)18-6/h3-5H,1-2H3,(H2,15,16). The molecule has 0 amide bonds. The van der Waals surface area contributed by atoms with Crippen molar-refractivity contribution in [2.24, 2.45) is 0 Å². The number of furan rings is 1. The second-order valence-electron chi connectivity index (χ2n) is 4.16. The third kappa shape index (κ3) is 1.82. The van der Waals surface area contributed by atoms with Crippen LogP contribution in [0.3, 0.4) is 0 Å². The summed E-state index contributed by atoms with van der Waals surface area (Å²) in [5, 5.41) is 4.94. The Morgan fingerprint density at radius 3 is 2.74 bits per heavy atom. The average Bonchev–Trinajstić information content (AvgIpc) is 2.96. The van der Waals surface area contributed by atoms with Gasteiger partial charge < -0.3 is 19.4 Å². The maximum absolute atomic E-state index is 6.38. The van der Waals surface area contributed by atoms with Gasteiger partial charge in [0.15, 0.2) is 22.9 Å². The minimum atomic E-state index is 0.300. The summed E-state index contributed by atoms with van der Waals surface area (Å²) in [7, 11) is 1.57. The summed E-state index contributed by atoms with van der Waals surface area (Å²) in [6, 6.07) is 5.20. The molecular weight excluding hydrogens is 268 g/mol. The van der Waals surface area contributed by atoms with Gasteiger partial charge in [-0.15, -0.1) is 0 Å². The minimum Gasteiger partial charge on any atom is -0.493 e. The normalized spacial score (nSPS) is 11.1. The Hall–Kier alpha value is -2.14. The highest BCUT2D eigenvalue weighted by molar-refractivity contribution is 6.38. The number of nitrogens with zero attached hydrogens (tertiary/aromatic N) is 1. The van der Waals surface area contributed by atoms with Crippen LogP contribution in [0.4, 0.5) is 5.82 Å². The van der Waals surface area contributed by atoms with Crippen molar-refractivity contribution in [1.82, 2.24) is 5.16 Å². The predicted molar refractivity (Wildman–Crippen MR) is 72.4 cm³/mol. The van der Waals surface area contributed by atoms with Crippen molar-refractivity contribution in [2.45, 2.75) is 6.92 Å². The van der Waals surface area contributed by atoms with Gasteiger partial charge in [-0.25, -0.2) is 0 Å². The number of hydrogen-bond donors (Lipinski definition) is 1. The lowest BCUT2D eigenvalue weighted by molar-refractivity contribution is 0.408. The maximum Gasteiger partial charge on any atom is 0.177 e. The molecule has 0 saturated carbocycles. The van der Waals surface area contributed by atoms with E-state index in [2.05, 4.69) is 5.16 Å². The summed E-state index contributed by atoms with van der Waals surface area (Å²) in [6.07, 6.45) is 0. The zero-order chi connectivity index (χ0) is 13.6. The van der Waals surface area contributed by atoms with Gasteiger partial charge >= 0.3 is 0 Å². The second-order valence-corrected chi connectivity index (χ2v) is 4.53. The molecule has 6 heteroatoms. The summed E-state index contributed by atoms with van der Waals surface area (Å²) < 4.78 is 16.0. The number of halogens is 1. The molecule has 5 nitrogen and oxygen atoms in total. The Morgan fingerprint density at radius 1 is 1.32 bits per heavy atom. The fraction of sp³-hybridized carbons (Fsp3) is 0.154. The quantitative estimate of drug-likeness (QED) is 0.774. The fourth-order valence-electron chi connectivity index (χ4n) is 2.01. The SMILES string of the molecule is COc1cc(-c2cc(N)no2)c(Cl)c2cc(C)oc12. The van der Waals surface area contributed by atoms with Gasteiger partial charge in [0.1, 0.15) is 5.76 Å². The summed E-state index contributed by atoms with van der Waals surface area (Å²) in [6.45, 7) is 1.85. The van der Waals surface area contributed by atoms with E-state index >= 15 is 0 Å². The fourth-order valence-corrected chi connectivity index (χ4v) is 2.30. The molecule has 3 rings (SSSR count). The molecular formula is C13H11ClN2O3. The predicted octanol–water partition coefficient (Wildman–Crippen LogP) is 3.64. The van der Waals surface area contributed by atoms with Gasteiger partial charge in [0.25, 0.3) is 0 Å². The van der Waals surface area contributed by atoms with Crippen molar-refractivity contribution in [3.05, 3.63) is 29.0 Å². The van der Waals surface area contributed by atoms with E-state index in [9.17, 15) is 0 Å². The molecule has 2 N–H and O–H groups in total. The van der Waals surface area contributed by atoms with Crippen molar-refractivity contribution in [1.29, 1.82) is 0 Å². The van der Waals surface area contributed by atoms with Gasteiger partial charge in [0, 0.05) is 17.0 Å². The molecule has 98 valence electrons. The van der Waals surface area contributed by atoms with Crippen LogP contribution in [0.2, 0.25) is 5.02 Å². The van der Waals surface area contributed by atoms with Crippen LogP contribution in [0.5, 0.6) is 5.75 Å². The van der Waals surface area contributed by atoms with Crippen LogP contribution in [-0.2, 0) is 0 Å². The number of anilines is 1. The molecule has 0 saturated heterocycles. The summed E-state index contributed by atoms with van der Waals surface area (Å²) in [4.78, 5) is 0. The van der Waals surface area contributed by atoms with E-state index in [1.54, 1.807) is 19.2 Å². The van der Waals surface area contributed by atoms with Crippen LogP contribution in [0, 0.1) is 6.92 Å². The van der Waals surface area contributed by atoms with E-state index in [0.717, 1.165) is 11.1 Å². The smallest absolute Gasteiger partial charge is 0.177 e. The number of aromatic nitrogens is 1. The number of benzene rings is 1. The molecule has 2 heterocycles. The van der Waals surface area contributed by atoms with E-state index < -0.39 is 0 Å². The molecule has 0 aliphatic carbocycles. The molecule has 0 atom stereocenters. The Morgan fingerprint density at radius 2 is 2.11 bits per heavy atom. The number of hydrogen-bond acceptors (Lipinski definition) is 5. The molecule has 0 aliphatic rings. The molecule has 0 bridgehead atoms. The number of ether oxygens (including phenoxy) is 1. The number of methoxy groups -OCH3 is 1.